The molecule has 0 saturated carbocycles. The first kappa shape index (κ1) is 27.9. The van der Waals surface area contributed by atoms with Gasteiger partial charge < -0.3 is 15.0 Å². The molecule has 0 spiro atoms. The third-order valence-electron chi connectivity index (χ3n) is 6.77. The maximum atomic E-state index is 12.9. The molecular formula is C28H35F3N4O3. The number of fused-ring (bicyclic) bond motifs is 1. The number of alkyl halides is 3. The Morgan fingerprint density at radius 3 is 2.37 bits per heavy atom. The van der Waals surface area contributed by atoms with Crippen LogP contribution >= 0.6 is 0 Å². The van der Waals surface area contributed by atoms with Crippen molar-refractivity contribution in [1.82, 2.24) is 20.1 Å². The minimum absolute atomic E-state index is 0.00165. The highest BCUT2D eigenvalue weighted by atomic mass is 19.4. The molecule has 0 radical (unpaired) electrons. The monoisotopic (exact) mass is 532 g/mol. The van der Waals surface area contributed by atoms with Gasteiger partial charge in [0.05, 0.1) is 22.9 Å². The first-order valence-corrected chi connectivity index (χ1v) is 12.9. The van der Waals surface area contributed by atoms with Crippen molar-refractivity contribution in [3.63, 3.8) is 0 Å². The van der Waals surface area contributed by atoms with E-state index in [-0.39, 0.29) is 29.9 Å². The average molecular weight is 533 g/mol. The number of ether oxygens (including phenoxy) is 1. The normalized spacial score (nSPS) is 18.3. The number of nitrogens with zero attached hydrogens (tertiary/aromatic N) is 3. The first-order valence-electron chi connectivity index (χ1n) is 12.9. The van der Waals surface area contributed by atoms with Gasteiger partial charge in [0.1, 0.15) is 5.60 Å². The Kier molecular flexibility index (Phi) is 7.74. The van der Waals surface area contributed by atoms with E-state index in [2.05, 4.69) is 29.0 Å². The zero-order valence-electron chi connectivity index (χ0n) is 22.4. The number of aromatic nitrogens is 1. The number of hydrogen-bond acceptors (Lipinski definition) is 5. The van der Waals surface area contributed by atoms with Gasteiger partial charge in [0, 0.05) is 44.8 Å². The highest BCUT2D eigenvalue weighted by molar-refractivity contribution is 5.94. The fraction of sp³-hybridized carbons (Fsp3) is 0.536. The molecule has 1 saturated heterocycles. The third-order valence-corrected chi connectivity index (χ3v) is 6.77. The molecule has 10 heteroatoms. The summed E-state index contributed by atoms with van der Waals surface area (Å²) in [5.74, 6) is 0.168. The Morgan fingerprint density at radius 1 is 1.13 bits per heavy atom. The van der Waals surface area contributed by atoms with Gasteiger partial charge in [-0.3, -0.25) is 14.7 Å². The molecular weight excluding hydrogens is 497 g/mol. The van der Waals surface area contributed by atoms with Crippen LogP contribution in [0.5, 0.6) is 0 Å². The molecule has 2 aliphatic heterocycles. The SMILES string of the molecule is CC(C)C1c2ncc(C(=O)NCC3CN(C(=O)OC(C)(C)C)C3)cc2CN1Cc1ccc(C(F)(F)F)cc1. The maximum Gasteiger partial charge on any atom is 0.416 e. The van der Waals surface area contributed by atoms with Gasteiger partial charge in [-0.1, -0.05) is 26.0 Å². The van der Waals surface area contributed by atoms with Crippen LogP contribution in [0, 0.1) is 11.8 Å². The largest absolute Gasteiger partial charge is 0.444 e. The summed E-state index contributed by atoms with van der Waals surface area (Å²) in [6, 6.07) is 7.10. The van der Waals surface area contributed by atoms with E-state index in [0.717, 1.165) is 29.0 Å². The molecule has 38 heavy (non-hydrogen) atoms. The predicted octanol–water partition coefficient (Wildman–Crippen LogP) is 5.41. The van der Waals surface area contributed by atoms with Gasteiger partial charge in [-0.25, -0.2) is 4.79 Å². The van der Waals surface area contributed by atoms with Gasteiger partial charge in [0.25, 0.3) is 5.91 Å². The number of carbonyl (C=O) groups is 2. The zero-order chi connectivity index (χ0) is 27.8. The van der Waals surface area contributed by atoms with Gasteiger partial charge >= 0.3 is 12.3 Å². The molecule has 4 rings (SSSR count). The Labute approximate surface area is 221 Å². The Hall–Kier alpha value is -3.14. The number of carbonyl (C=O) groups excluding carboxylic acids is 2. The van der Waals surface area contributed by atoms with Crippen molar-refractivity contribution < 1.29 is 27.5 Å². The smallest absolute Gasteiger partial charge is 0.416 e. The first-order chi connectivity index (χ1) is 17.7. The van der Waals surface area contributed by atoms with Crippen LogP contribution in [0.15, 0.2) is 36.5 Å². The fourth-order valence-electron chi connectivity index (χ4n) is 4.97. The lowest BCUT2D eigenvalue weighted by Crippen LogP contribution is -2.54. The third kappa shape index (κ3) is 6.46. The van der Waals surface area contributed by atoms with E-state index in [1.807, 2.05) is 26.8 Å². The summed E-state index contributed by atoms with van der Waals surface area (Å²) in [5.41, 5.74) is 1.89. The van der Waals surface area contributed by atoms with Crippen LogP contribution in [-0.2, 0) is 24.0 Å². The lowest BCUT2D eigenvalue weighted by molar-refractivity contribution is -0.137. The number of rotatable bonds is 6. The van der Waals surface area contributed by atoms with E-state index in [1.54, 1.807) is 11.1 Å². The molecule has 1 fully saturated rings. The number of nitrogens with one attached hydrogen (secondary N) is 1. The van der Waals surface area contributed by atoms with Crippen LogP contribution in [0.4, 0.5) is 18.0 Å². The van der Waals surface area contributed by atoms with E-state index in [0.29, 0.717) is 38.3 Å². The number of benzene rings is 1. The van der Waals surface area contributed by atoms with Crippen LogP contribution in [0.3, 0.4) is 0 Å². The zero-order valence-corrected chi connectivity index (χ0v) is 22.4. The van der Waals surface area contributed by atoms with Gasteiger partial charge in [-0.05, 0) is 56.0 Å². The van der Waals surface area contributed by atoms with Crippen molar-refractivity contribution in [2.75, 3.05) is 19.6 Å². The quantitative estimate of drug-likeness (QED) is 0.539. The van der Waals surface area contributed by atoms with Gasteiger partial charge in [-0.2, -0.15) is 13.2 Å². The Balaban J connectivity index is 1.35. The molecule has 1 aromatic heterocycles. The maximum absolute atomic E-state index is 12.9. The molecule has 7 nitrogen and oxygen atoms in total. The van der Waals surface area contributed by atoms with Crippen molar-refractivity contribution in [2.24, 2.45) is 11.8 Å². The van der Waals surface area contributed by atoms with Gasteiger partial charge in [-0.15, -0.1) is 0 Å². The molecule has 2 aliphatic rings. The highest BCUT2D eigenvalue weighted by Gasteiger charge is 2.36. The fourth-order valence-corrected chi connectivity index (χ4v) is 4.97. The second kappa shape index (κ2) is 10.6. The van der Waals surface area contributed by atoms with Crippen molar-refractivity contribution in [3.05, 3.63) is 64.5 Å². The summed E-state index contributed by atoms with van der Waals surface area (Å²) in [4.78, 5) is 33.4. The van der Waals surface area contributed by atoms with Crippen LogP contribution in [0.1, 0.15) is 73.4 Å². The summed E-state index contributed by atoms with van der Waals surface area (Å²) in [6.45, 7) is 12.2. The number of likely N-dealkylation sites (tertiary alicyclic amines) is 1. The molecule has 1 atom stereocenters. The second-order valence-electron chi connectivity index (χ2n) is 11.5. The van der Waals surface area contributed by atoms with E-state index in [9.17, 15) is 22.8 Å². The van der Waals surface area contributed by atoms with Crippen molar-refractivity contribution >= 4 is 12.0 Å². The predicted molar refractivity (Wildman–Crippen MR) is 136 cm³/mol. The van der Waals surface area contributed by atoms with Crippen molar-refractivity contribution in [1.29, 1.82) is 0 Å². The van der Waals surface area contributed by atoms with Crippen molar-refractivity contribution in [3.8, 4) is 0 Å². The molecule has 206 valence electrons. The molecule has 3 heterocycles. The van der Waals surface area contributed by atoms with Gasteiger partial charge in [0.15, 0.2) is 0 Å². The molecule has 2 amide bonds. The second-order valence-corrected chi connectivity index (χ2v) is 11.5. The highest BCUT2D eigenvalue weighted by Crippen LogP contribution is 2.39. The minimum Gasteiger partial charge on any atom is -0.444 e. The summed E-state index contributed by atoms with van der Waals surface area (Å²) >= 11 is 0. The van der Waals surface area contributed by atoms with Crippen molar-refractivity contribution in [2.45, 2.75) is 65.5 Å². The molecule has 2 aromatic rings. The minimum atomic E-state index is -4.36. The van der Waals surface area contributed by atoms with Crippen LogP contribution in [0.25, 0.3) is 0 Å². The summed E-state index contributed by atoms with van der Waals surface area (Å²) < 4.78 is 44.1. The Morgan fingerprint density at radius 2 is 1.79 bits per heavy atom. The van der Waals surface area contributed by atoms with E-state index in [1.165, 1.54) is 12.1 Å². The van der Waals surface area contributed by atoms with Crippen LogP contribution < -0.4 is 5.32 Å². The molecule has 1 aromatic carbocycles. The molecule has 1 unspecified atom stereocenters. The molecule has 0 aliphatic carbocycles. The standard InChI is InChI=1S/C28H35F3N4O3/c1-17(2)24-23-21(16-34(24)13-18-6-8-22(9-7-18)28(29,30)31)10-20(12-32-23)25(36)33-11-19-14-35(15-19)26(37)38-27(3,4)5/h6-10,12,17,19,24H,11,13-16H2,1-5H3,(H,33,36). The molecule has 0 bridgehead atoms. The number of hydrogen-bond donors (Lipinski definition) is 1. The average Bonchev–Trinajstić information content (AvgIpc) is 3.13. The Bertz CT molecular complexity index is 1170. The van der Waals surface area contributed by atoms with E-state index >= 15 is 0 Å². The lowest BCUT2D eigenvalue weighted by atomic mass is 9.99. The van der Waals surface area contributed by atoms with E-state index in [4.69, 9.17) is 4.74 Å². The van der Waals surface area contributed by atoms with Gasteiger partial charge in [0.2, 0.25) is 0 Å². The summed E-state index contributed by atoms with van der Waals surface area (Å²) in [7, 11) is 0. The van der Waals surface area contributed by atoms with E-state index < -0.39 is 17.3 Å². The number of amides is 2. The number of halogens is 3. The number of pyridine rings is 1. The summed E-state index contributed by atoms with van der Waals surface area (Å²) in [6.07, 6.45) is -3.12. The summed E-state index contributed by atoms with van der Waals surface area (Å²) in [5, 5.41) is 2.94. The topological polar surface area (TPSA) is 74.8 Å². The van der Waals surface area contributed by atoms with Crippen LogP contribution in [0.2, 0.25) is 0 Å². The lowest BCUT2D eigenvalue weighted by Gasteiger charge is -2.39. The van der Waals surface area contributed by atoms with Crippen LogP contribution in [-0.4, -0.2) is 52.0 Å². The molecule has 1 N–H and O–H groups in total.